The van der Waals surface area contributed by atoms with Gasteiger partial charge in [-0.05, 0) is 24.3 Å². The van der Waals surface area contributed by atoms with Crippen molar-refractivity contribution in [3.05, 3.63) is 59.7 Å². The lowest BCUT2D eigenvalue weighted by Crippen LogP contribution is -2.34. The predicted octanol–water partition coefficient (Wildman–Crippen LogP) is 5.59. The van der Waals surface area contributed by atoms with Crippen LogP contribution in [0, 0.1) is 11.8 Å². The van der Waals surface area contributed by atoms with Crippen LogP contribution in [0.4, 0.5) is 0 Å². The quantitative estimate of drug-likeness (QED) is 0.449. The van der Waals surface area contributed by atoms with Crippen LogP contribution in [0.1, 0.15) is 56.3 Å². The van der Waals surface area contributed by atoms with Gasteiger partial charge in [0, 0.05) is 5.56 Å². The van der Waals surface area contributed by atoms with Gasteiger partial charge < -0.3 is 0 Å². The molecule has 0 amide bonds. The molecule has 0 N–H and O–H groups in total. The highest BCUT2D eigenvalue weighted by Gasteiger charge is 2.39. The SMILES string of the molecule is C=CC1=C(CCCCCC)[C@H](C)[C@H]1C(=O)c1ccccc1. The third-order valence-electron chi connectivity index (χ3n) is 4.62. The van der Waals surface area contributed by atoms with E-state index in [2.05, 4.69) is 20.4 Å². The van der Waals surface area contributed by atoms with Gasteiger partial charge in [0.2, 0.25) is 0 Å². The van der Waals surface area contributed by atoms with Crippen molar-refractivity contribution in [3.63, 3.8) is 0 Å². The highest BCUT2D eigenvalue weighted by molar-refractivity contribution is 6.01. The molecule has 0 radical (unpaired) electrons. The second kappa shape index (κ2) is 7.40. The maximum absolute atomic E-state index is 12.6. The molecule has 1 aromatic carbocycles. The third-order valence-corrected chi connectivity index (χ3v) is 4.62. The lowest BCUT2D eigenvalue weighted by molar-refractivity contribution is 0.0897. The van der Waals surface area contributed by atoms with Gasteiger partial charge in [-0.2, -0.15) is 0 Å². The van der Waals surface area contributed by atoms with Crippen molar-refractivity contribution < 1.29 is 4.79 Å². The first-order valence-electron chi connectivity index (χ1n) is 8.15. The van der Waals surface area contributed by atoms with Gasteiger partial charge in [-0.25, -0.2) is 0 Å². The number of hydrogen-bond acceptors (Lipinski definition) is 1. The Balaban J connectivity index is 2.07. The van der Waals surface area contributed by atoms with Crippen LogP contribution in [0.3, 0.4) is 0 Å². The molecule has 2 atom stereocenters. The number of unbranched alkanes of at least 4 members (excludes halogenated alkanes) is 3. The summed E-state index contributed by atoms with van der Waals surface area (Å²) in [6, 6.07) is 9.63. The fourth-order valence-electron chi connectivity index (χ4n) is 3.36. The molecule has 0 heterocycles. The van der Waals surface area contributed by atoms with E-state index in [-0.39, 0.29) is 11.7 Å². The van der Waals surface area contributed by atoms with E-state index in [9.17, 15) is 4.79 Å². The second-order valence-corrected chi connectivity index (χ2v) is 5.99. The molecule has 1 aromatic rings. The van der Waals surface area contributed by atoms with Gasteiger partial charge in [-0.1, -0.05) is 81.7 Å². The number of benzene rings is 1. The monoisotopic (exact) mass is 282 g/mol. The van der Waals surface area contributed by atoms with E-state index in [1.165, 1.54) is 36.8 Å². The van der Waals surface area contributed by atoms with Crippen LogP contribution in [0.2, 0.25) is 0 Å². The minimum Gasteiger partial charge on any atom is -0.293 e. The Morgan fingerprint density at radius 2 is 1.90 bits per heavy atom. The number of carbonyl (C=O) groups is 1. The summed E-state index contributed by atoms with van der Waals surface area (Å²) in [6.45, 7) is 8.35. The Morgan fingerprint density at radius 3 is 2.52 bits per heavy atom. The molecule has 0 aromatic heterocycles. The second-order valence-electron chi connectivity index (χ2n) is 5.99. The lowest BCUT2D eigenvalue weighted by Gasteiger charge is -2.38. The first kappa shape index (κ1) is 15.8. The molecule has 1 aliphatic carbocycles. The van der Waals surface area contributed by atoms with E-state index >= 15 is 0 Å². The molecule has 1 aliphatic rings. The molecule has 0 spiro atoms. The lowest BCUT2D eigenvalue weighted by atomic mass is 9.64. The van der Waals surface area contributed by atoms with Gasteiger partial charge in [0.05, 0.1) is 5.92 Å². The standard InChI is InChI=1S/C20H26O/c1-4-6-7-11-14-18-15(3)19(17(18)5-2)20(21)16-12-9-8-10-13-16/h5,8-10,12-13,15,19H,2,4,6-7,11,14H2,1,3H3/t15-,19+/m0/s1. The van der Waals surface area contributed by atoms with Crippen LogP contribution in [-0.4, -0.2) is 5.78 Å². The topological polar surface area (TPSA) is 17.1 Å². The van der Waals surface area contributed by atoms with Gasteiger partial charge in [0.1, 0.15) is 0 Å². The Kier molecular flexibility index (Phi) is 5.55. The van der Waals surface area contributed by atoms with Crippen LogP contribution in [0.25, 0.3) is 0 Å². The van der Waals surface area contributed by atoms with Crippen molar-refractivity contribution in [1.29, 1.82) is 0 Å². The number of ketones is 1. The molecular weight excluding hydrogens is 256 g/mol. The highest BCUT2D eigenvalue weighted by atomic mass is 16.1. The summed E-state index contributed by atoms with van der Waals surface area (Å²) in [6.07, 6.45) is 8.11. The first-order chi connectivity index (χ1) is 10.2. The molecule has 0 saturated carbocycles. The highest BCUT2D eigenvalue weighted by Crippen LogP contribution is 2.45. The summed E-state index contributed by atoms with van der Waals surface area (Å²) in [5.74, 6) is 0.633. The van der Waals surface area contributed by atoms with Crippen molar-refractivity contribution >= 4 is 5.78 Å². The smallest absolute Gasteiger partial charge is 0.170 e. The Labute approximate surface area is 128 Å². The predicted molar refractivity (Wildman–Crippen MR) is 89.4 cm³/mol. The molecule has 1 heteroatoms. The molecule has 2 rings (SSSR count). The molecule has 21 heavy (non-hydrogen) atoms. The Morgan fingerprint density at radius 1 is 1.19 bits per heavy atom. The van der Waals surface area contributed by atoms with Crippen molar-refractivity contribution in [3.8, 4) is 0 Å². The van der Waals surface area contributed by atoms with Crippen LogP contribution >= 0.6 is 0 Å². The first-order valence-corrected chi connectivity index (χ1v) is 8.15. The molecular formula is C20H26O. The van der Waals surface area contributed by atoms with E-state index < -0.39 is 0 Å². The maximum atomic E-state index is 12.6. The zero-order valence-corrected chi connectivity index (χ0v) is 13.3. The van der Waals surface area contributed by atoms with Gasteiger partial charge >= 0.3 is 0 Å². The average molecular weight is 282 g/mol. The number of Topliss-reactive ketones (excluding diaryl/α,β-unsaturated/α-hetero) is 1. The van der Waals surface area contributed by atoms with E-state index in [1.54, 1.807) is 0 Å². The number of allylic oxidation sites excluding steroid dienone is 3. The van der Waals surface area contributed by atoms with Gasteiger partial charge in [0.15, 0.2) is 5.78 Å². The summed E-state index contributed by atoms with van der Waals surface area (Å²) < 4.78 is 0. The minimum absolute atomic E-state index is 0.0195. The van der Waals surface area contributed by atoms with Crippen LogP contribution in [-0.2, 0) is 0 Å². The maximum Gasteiger partial charge on any atom is 0.170 e. The minimum atomic E-state index is 0.0195. The largest absolute Gasteiger partial charge is 0.293 e. The van der Waals surface area contributed by atoms with Crippen LogP contribution in [0.5, 0.6) is 0 Å². The van der Waals surface area contributed by atoms with E-state index in [4.69, 9.17) is 0 Å². The zero-order chi connectivity index (χ0) is 15.2. The number of rotatable bonds is 8. The normalized spacial score (nSPS) is 21.0. The van der Waals surface area contributed by atoms with Crippen molar-refractivity contribution in [1.82, 2.24) is 0 Å². The van der Waals surface area contributed by atoms with Crippen LogP contribution in [0.15, 0.2) is 54.1 Å². The molecule has 0 fully saturated rings. The van der Waals surface area contributed by atoms with Crippen molar-refractivity contribution in [2.75, 3.05) is 0 Å². The summed E-state index contributed by atoms with van der Waals surface area (Å²) in [5, 5.41) is 0. The van der Waals surface area contributed by atoms with Crippen molar-refractivity contribution in [2.45, 2.75) is 46.0 Å². The molecule has 0 unspecified atom stereocenters. The Bertz CT molecular complexity index is 524. The third kappa shape index (κ3) is 3.34. The number of hydrogen-bond donors (Lipinski definition) is 0. The van der Waals surface area contributed by atoms with E-state index in [0.717, 1.165) is 12.0 Å². The van der Waals surface area contributed by atoms with Gasteiger partial charge in [0.25, 0.3) is 0 Å². The van der Waals surface area contributed by atoms with Gasteiger partial charge in [-0.15, -0.1) is 0 Å². The zero-order valence-electron chi connectivity index (χ0n) is 13.3. The van der Waals surface area contributed by atoms with E-state index in [0.29, 0.717) is 5.92 Å². The molecule has 0 saturated heterocycles. The number of carbonyl (C=O) groups excluding carboxylic acids is 1. The summed E-state index contributed by atoms with van der Waals surface area (Å²) in [5.41, 5.74) is 3.46. The van der Waals surface area contributed by atoms with E-state index in [1.807, 2.05) is 36.4 Å². The summed E-state index contributed by atoms with van der Waals surface area (Å²) in [4.78, 5) is 12.6. The molecule has 112 valence electrons. The molecule has 0 aliphatic heterocycles. The van der Waals surface area contributed by atoms with Crippen molar-refractivity contribution in [2.24, 2.45) is 11.8 Å². The van der Waals surface area contributed by atoms with Gasteiger partial charge in [-0.3, -0.25) is 4.79 Å². The van der Waals surface area contributed by atoms with Crippen LogP contribution < -0.4 is 0 Å². The summed E-state index contributed by atoms with van der Waals surface area (Å²) in [7, 11) is 0. The average Bonchev–Trinajstić information content (AvgIpc) is 2.52. The fraction of sp³-hybridized carbons (Fsp3) is 0.450. The fourth-order valence-corrected chi connectivity index (χ4v) is 3.36. The Hall–Kier alpha value is -1.63. The molecule has 1 nitrogen and oxygen atoms in total. The molecule has 0 bridgehead atoms. The summed E-state index contributed by atoms with van der Waals surface area (Å²) >= 11 is 0.